The Bertz CT molecular complexity index is 423. The average Bonchev–Trinajstić information content (AvgIpc) is 2.17. The molecule has 0 unspecified atom stereocenters. The Morgan fingerprint density at radius 1 is 1.64 bits per heavy atom. The van der Waals surface area contributed by atoms with Crippen LogP contribution in [0.3, 0.4) is 0 Å². The van der Waals surface area contributed by atoms with Gasteiger partial charge in [-0.3, -0.25) is 0 Å². The maximum absolute atomic E-state index is 10.7. The van der Waals surface area contributed by atoms with Crippen LogP contribution in [0.15, 0.2) is 17.0 Å². The van der Waals surface area contributed by atoms with E-state index in [1.165, 1.54) is 19.2 Å². The van der Waals surface area contributed by atoms with Gasteiger partial charge in [0.05, 0.1) is 23.1 Å². The molecule has 1 rings (SSSR count). The second-order valence-electron chi connectivity index (χ2n) is 2.49. The highest BCUT2D eigenvalue weighted by Gasteiger charge is 2.11. The van der Waals surface area contributed by atoms with Crippen molar-refractivity contribution >= 4 is 18.6 Å². The molecule has 0 atom stereocenters. The zero-order chi connectivity index (χ0) is 10.7. The normalized spacial score (nSPS) is 9.21. The molecule has 5 heteroatoms. The number of benzene rings is 1. The molecule has 0 aliphatic heterocycles. The zero-order valence-electron chi connectivity index (χ0n) is 7.31. The molecule has 1 aromatic rings. The average molecular weight is 209 g/mol. The molecule has 4 nitrogen and oxygen atoms in total. The number of carbonyl (C=O) groups is 1. The van der Waals surface area contributed by atoms with Gasteiger partial charge in [0.25, 0.3) is 0 Å². The maximum Gasteiger partial charge on any atom is 0.335 e. The van der Waals surface area contributed by atoms with E-state index >= 15 is 0 Å². The molecule has 0 aliphatic rings. The lowest BCUT2D eigenvalue weighted by molar-refractivity contribution is 0.0696. The standard InChI is InChI=1S/C9H7NO3S/c1-13-7-3-5(9(11)12)2-6(4-10)8(7)14/h2-3,14H,1H3,(H,11,12). The molecule has 0 saturated carbocycles. The second-order valence-corrected chi connectivity index (χ2v) is 2.94. The lowest BCUT2D eigenvalue weighted by Crippen LogP contribution is -1.99. The number of nitrogens with zero attached hydrogens (tertiary/aromatic N) is 1. The second kappa shape index (κ2) is 4.03. The van der Waals surface area contributed by atoms with E-state index in [4.69, 9.17) is 15.1 Å². The molecule has 14 heavy (non-hydrogen) atoms. The lowest BCUT2D eigenvalue weighted by atomic mass is 10.1. The summed E-state index contributed by atoms with van der Waals surface area (Å²) in [6, 6.07) is 4.43. The van der Waals surface area contributed by atoms with Crippen LogP contribution >= 0.6 is 12.6 Å². The molecule has 1 N–H and O–H groups in total. The van der Waals surface area contributed by atoms with Crippen LogP contribution in [-0.2, 0) is 0 Å². The summed E-state index contributed by atoms with van der Waals surface area (Å²) in [6.07, 6.45) is 0. The third-order valence-corrected chi connectivity index (χ3v) is 2.12. The number of ether oxygens (including phenoxy) is 1. The monoisotopic (exact) mass is 209 g/mol. The van der Waals surface area contributed by atoms with Crippen molar-refractivity contribution in [1.82, 2.24) is 0 Å². The summed E-state index contributed by atoms with van der Waals surface area (Å²) in [5.74, 6) is -0.821. The minimum absolute atomic E-state index is 0.0104. The SMILES string of the molecule is COc1cc(C(=O)O)cc(C#N)c1S. The lowest BCUT2D eigenvalue weighted by Gasteiger charge is -2.06. The summed E-state index contributed by atoms with van der Waals surface area (Å²) < 4.78 is 4.89. The largest absolute Gasteiger partial charge is 0.496 e. The number of rotatable bonds is 2. The summed E-state index contributed by atoms with van der Waals surface area (Å²) >= 11 is 4.05. The number of aromatic carboxylic acids is 1. The Hall–Kier alpha value is -1.67. The van der Waals surface area contributed by atoms with Gasteiger partial charge in [-0.15, -0.1) is 12.6 Å². The van der Waals surface area contributed by atoms with Crippen molar-refractivity contribution in [2.24, 2.45) is 0 Å². The molecule has 0 heterocycles. The summed E-state index contributed by atoms with van der Waals surface area (Å²) in [6.45, 7) is 0. The van der Waals surface area contributed by atoms with Crippen molar-refractivity contribution in [3.8, 4) is 11.8 Å². The minimum atomic E-state index is -1.10. The van der Waals surface area contributed by atoms with Gasteiger partial charge in [-0.05, 0) is 12.1 Å². The van der Waals surface area contributed by atoms with E-state index in [-0.39, 0.29) is 16.9 Å². The Morgan fingerprint density at radius 2 is 2.29 bits per heavy atom. The van der Waals surface area contributed by atoms with Crippen LogP contribution in [0.4, 0.5) is 0 Å². The van der Waals surface area contributed by atoms with Gasteiger partial charge in [0.1, 0.15) is 11.8 Å². The van der Waals surface area contributed by atoms with Crippen LogP contribution in [0.25, 0.3) is 0 Å². The van der Waals surface area contributed by atoms with Crippen LogP contribution in [0.2, 0.25) is 0 Å². The van der Waals surface area contributed by atoms with Gasteiger partial charge in [-0.1, -0.05) is 0 Å². The highest BCUT2D eigenvalue weighted by atomic mass is 32.1. The Labute approximate surface area is 86.1 Å². The first kappa shape index (κ1) is 10.4. The summed E-state index contributed by atoms with van der Waals surface area (Å²) in [5, 5.41) is 17.4. The molecule has 0 aromatic heterocycles. The van der Waals surface area contributed by atoms with Gasteiger partial charge in [0, 0.05) is 0 Å². The predicted molar refractivity (Wildman–Crippen MR) is 51.9 cm³/mol. The van der Waals surface area contributed by atoms with Crippen LogP contribution < -0.4 is 4.74 Å². The van der Waals surface area contributed by atoms with Crippen molar-refractivity contribution in [2.45, 2.75) is 4.90 Å². The number of carboxylic acids is 1. The van der Waals surface area contributed by atoms with E-state index in [9.17, 15) is 4.79 Å². The van der Waals surface area contributed by atoms with Gasteiger partial charge in [0.2, 0.25) is 0 Å². The van der Waals surface area contributed by atoms with Crippen LogP contribution in [0.1, 0.15) is 15.9 Å². The molecule has 0 amide bonds. The van der Waals surface area contributed by atoms with E-state index < -0.39 is 5.97 Å². The van der Waals surface area contributed by atoms with Crippen molar-refractivity contribution in [3.63, 3.8) is 0 Å². The van der Waals surface area contributed by atoms with Gasteiger partial charge in [-0.25, -0.2) is 4.79 Å². The molecule has 0 fully saturated rings. The zero-order valence-corrected chi connectivity index (χ0v) is 8.21. The Balaban J connectivity index is 3.41. The first-order valence-corrected chi connectivity index (χ1v) is 4.09. The molecule has 0 spiro atoms. The summed E-state index contributed by atoms with van der Waals surface area (Å²) in [5.41, 5.74) is 0.196. The fourth-order valence-corrected chi connectivity index (χ4v) is 1.24. The van der Waals surface area contributed by atoms with E-state index in [1.807, 2.05) is 6.07 Å². The number of carboxylic acid groups (broad SMARTS) is 1. The molecule has 0 bridgehead atoms. The van der Waals surface area contributed by atoms with Gasteiger partial charge in [0.15, 0.2) is 0 Å². The number of hydrogen-bond donors (Lipinski definition) is 2. The number of hydrogen-bond acceptors (Lipinski definition) is 4. The molecule has 0 aliphatic carbocycles. The molecular weight excluding hydrogens is 202 g/mol. The third-order valence-electron chi connectivity index (χ3n) is 1.66. The fraction of sp³-hybridized carbons (Fsp3) is 0.111. The molecule has 1 aromatic carbocycles. The number of methoxy groups -OCH3 is 1. The van der Waals surface area contributed by atoms with Crippen molar-refractivity contribution in [2.75, 3.05) is 7.11 Å². The van der Waals surface area contributed by atoms with Gasteiger partial charge >= 0.3 is 5.97 Å². The van der Waals surface area contributed by atoms with Gasteiger partial charge in [-0.2, -0.15) is 5.26 Å². The minimum Gasteiger partial charge on any atom is -0.496 e. The smallest absolute Gasteiger partial charge is 0.335 e. The Kier molecular flexibility index (Phi) is 2.99. The van der Waals surface area contributed by atoms with Gasteiger partial charge < -0.3 is 9.84 Å². The topological polar surface area (TPSA) is 70.3 Å². The van der Waals surface area contributed by atoms with E-state index in [1.54, 1.807) is 0 Å². The summed E-state index contributed by atoms with van der Waals surface area (Å²) in [7, 11) is 1.39. The number of thiol groups is 1. The summed E-state index contributed by atoms with van der Waals surface area (Å²) in [4.78, 5) is 11.0. The first-order valence-electron chi connectivity index (χ1n) is 3.64. The molecule has 72 valence electrons. The molecular formula is C9H7NO3S. The highest BCUT2D eigenvalue weighted by Crippen LogP contribution is 2.27. The maximum atomic E-state index is 10.7. The predicted octanol–water partition coefficient (Wildman–Crippen LogP) is 1.55. The van der Waals surface area contributed by atoms with Crippen LogP contribution in [0.5, 0.6) is 5.75 Å². The highest BCUT2D eigenvalue weighted by molar-refractivity contribution is 7.80. The Morgan fingerprint density at radius 3 is 2.71 bits per heavy atom. The third kappa shape index (κ3) is 1.80. The van der Waals surface area contributed by atoms with Crippen molar-refractivity contribution in [1.29, 1.82) is 5.26 Å². The fourth-order valence-electron chi connectivity index (χ4n) is 0.972. The van der Waals surface area contributed by atoms with E-state index in [2.05, 4.69) is 12.6 Å². The van der Waals surface area contributed by atoms with E-state index in [0.29, 0.717) is 4.90 Å². The first-order chi connectivity index (χ1) is 6.60. The van der Waals surface area contributed by atoms with Crippen LogP contribution in [0, 0.1) is 11.3 Å². The van der Waals surface area contributed by atoms with E-state index in [0.717, 1.165) is 0 Å². The van der Waals surface area contributed by atoms with Crippen LogP contribution in [-0.4, -0.2) is 18.2 Å². The van der Waals surface area contributed by atoms with Crippen molar-refractivity contribution < 1.29 is 14.6 Å². The number of nitriles is 1. The van der Waals surface area contributed by atoms with Crippen molar-refractivity contribution in [3.05, 3.63) is 23.3 Å². The molecule has 0 saturated heterocycles. The molecule has 0 radical (unpaired) electrons. The quantitative estimate of drug-likeness (QED) is 0.725.